The zero-order chi connectivity index (χ0) is 16.3. The summed E-state index contributed by atoms with van der Waals surface area (Å²) in [5.74, 6) is -0.263. The van der Waals surface area contributed by atoms with E-state index in [1.807, 2.05) is 62.4 Å². The second-order valence-corrected chi connectivity index (χ2v) is 6.09. The summed E-state index contributed by atoms with van der Waals surface area (Å²) < 4.78 is 4.80. The van der Waals surface area contributed by atoms with Gasteiger partial charge in [0.15, 0.2) is 0 Å². The van der Waals surface area contributed by atoms with Gasteiger partial charge >= 0.3 is 5.97 Å². The Bertz CT molecular complexity index is 712. The number of rotatable bonds is 4. The summed E-state index contributed by atoms with van der Waals surface area (Å²) in [6.07, 6.45) is 3.28. The van der Waals surface area contributed by atoms with Crippen LogP contribution in [0.2, 0.25) is 0 Å². The Morgan fingerprint density at radius 2 is 1.86 bits per heavy atom. The van der Waals surface area contributed by atoms with Crippen LogP contribution in [0.25, 0.3) is 16.8 Å². The average Bonchev–Trinajstić information content (AvgIpc) is 2.51. The van der Waals surface area contributed by atoms with Crippen molar-refractivity contribution < 1.29 is 14.6 Å². The summed E-state index contributed by atoms with van der Waals surface area (Å²) in [5, 5.41) is 11.9. The number of esters is 1. The van der Waals surface area contributed by atoms with E-state index >= 15 is 0 Å². The molecule has 0 spiro atoms. The number of benzene rings is 2. The van der Waals surface area contributed by atoms with Gasteiger partial charge in [0.1, 0.15) is 0 Å². The topological polar surface area (TPSA) is 46.5 Å². The van der Waals surface area contributed by atoms with E-state index in [4.69, 9.17) is 4.74 Å². The van der Waals surface area contributed by atoms with Gasteiger partial charge in [0.2, 0.25) is 0 Å². The maximum atomic E-state index is 11.7. The summed E-state index contributed by atoms with van der Waals surface area (Å²) in [5.41, 5.74) is 1.24. The van der Waals surface area contributed by atoms with Gasteiger partial charge in [-0.1, -0.05) is 36.4 Å². The van der Waals surface area contributed by atoms with Crippen molar-refractivity contribution in [2.24, 2.45) is 5.41 Å². The van der Waals surface area contributed by atoms with Crippen molar-refractivity contribution in [3.05, 3.63) is 53.6 Å². The quantitative estimate of drug-likeness (QED) is 0.864. The van der Waals surface area contributed by atoms with Gasteiger partial charge in [0, 0.05) is 0 Å². The lowest BCUT2D eigenvalue weighted by atomic mass is 9.92. The molecule has 1 atom stereocenters. The van der Waals surface area contributed by atoms with Gasteiger partial charge < -0.3 is 9.84 Å². The second-order valence-electron chi connectivity index (χ2n) is 6.09. The van der Waals surface area contributed by atoms with E-state index < -0.39 is 11.5 Å². The third-order valence-corrected chi connectivity index (χ3v) is 3.77. The molecule has 0 aliphatic heterocycles. The molecule has 3 heteroatoms. The maximum absolute atomic E-state index is 11.7. The van der Waals surface area contributed by atoms with Gasteiger partial charge in [-0.25, -0.2) is 0 Å². The molecule has 2 rings (SSSR count). The number of hydrogen-bond acceptors (Lipinski definition) is 3. The van der Waals surface area contributed by atoms with E-state index in [1.54, 1.807) is 6.92 Å². The Balaban J connectivity index is 2.34. The van der Waals surface area contributed by atoms with Crippen molar-refractivity contribution in [2.75, 3.05) is 7.11 Å². The molecular weight excluding hydrogens is 276 g/mol. The normalized spacial score (nSPS) is 13.5. The first-order chi connectivity index (χ1) is 10.3. The molecule has 22 heavy (non-hydrogen) atoms. The predicted octanol–water partition coefficient (Wildman–Crippen LogP) is 4.11. The van der Waals surface area contributed by atoms with Gasteiger partial charge in [-0.3, -0.25) is 4.79 Å². The van der Waals surface area contributed by atoms with Crippen molar-refractivity contribution in [1.29, 1.82) is 0 Å². The zero-order valence-corrected chi connectivity index (χ0v) is 13.5. The largest absolute Gasteiger partial charge is 0.468 e. The number of ether oxygens (including phenoxy) is 1. The van der Waals surface area contributed by atoms with Crippen LogP contribution < -0.4 is 0 Å². The van der Waals surface area contributed by atoms with E-state index in [1.165, 1.54) is 7.11 Å². The zero-order valence-electron chi connectivity index (χ0n) is 13.5. The minimum absolute atomic E-state index is 0.263. The monoisotopic (exact) mass is 298 g/mol. The Morgan fingerprint density at radius 3 is 2.50 bits per heavy atom. The van der Waals surface area contributed by atoms with Crippen molar-refractivity contribution in [3.8, 4) is 0 Å². The van der Waals surface area contributed by atoms with E-state index in [9.17, 15) is 9.90 Å². The molecule has 1 N–H and O–H groups in total. The van der Waals surface area contributed by atoms with Crippen LogP contribution in [-0.2, 0) is 9.53 Å². The highest BCUT2D eigenvalue weighted by molar-refractivity contribution is 5.86. The molecule has 1 unspecified atom stereocenters. The number of carbonyl (C=O) groups is 1. The number of hydrogen-bond donors (Lipinski definition) is 1. The number of carbonyl (C=O) groups excluding carboxylic acids is 1. The molecule has 116 valence electrons. The first-order valence-corrected chi connectivity index (χ1v) is 7.33. The lowest BCUT2D eigenvalue weighted by Crippen LogP contribution is -2.22. The molecular formula is C19H22O3. The molecule has 0 fully saturated rings. The summed E-state index contributed by atoms with van der Waals surface area (Å²) in [7, 11) is 1.39. The fourth-order valence-corrected chi connectivity index (χ4v) is 2.28. The smallest absolute Gasteiger partial charge is 0.315 e. The fourth-order valence-electron chi connectivity index (χ4n) is 2.28. The first kappa shape index (κ1) is 16.2. The Morgan fingerprint density at radius 1 is 1.18 bits per heavy atom. The number of aliphatic hydroxyl groups excluding tert-OH is 1. The molecule has 0 aliphatic carbocycles. The van der Waals surface area contributed by atoms with Gasteiger partial charge in [-0.05, 0) is 54.8 Å². The standard InChI is InChI=1S/C19H22O3/c1-13(20)16-8-7-15-6-5-14(11-17(15)12-16)9-10-19(2,3)18(21)22-4/h5-13,20H,1-4H3. The van der Waals surface area contributed by atoms with Crippen LogP contribution in [0.3, 0.4) is 0 Å². The van der Waals surface area contributed by atoms with Gasteiger partial charge in [0.05, 0.1) is 18.6 Å². The summed E-state index contributed by atoms with van der Waals surface area (Å²) in [4.78, 5) is 11.7. The third-order valence-electron chi connectivity index (χ3n) is 3.77. The highest BCUT2D eigenvalue weighted by atomic mass is 16.5. The SMILES string of the molecule is COC(=O)C(C)(C)C=Cc1ccc2ccc(C(C)O)cc2c1. The summed E-state index contributed by atoms with van der Waals surface area (Å²) in [6.45, 7) is 5.40. The lowest BCUT2D eigenvalue weighted by Gasteiger charge is -2.16. The maximum Gasteiger partial charge on any atom is 0.315 e. The van der Waals surface area contributed by atoms with E-state index in [0.717, 1.165) is 21.9 Å². The molecule has 3 nitrogen and oxygen atoms in total. The van der Waals surface area contributed by atoms with Gasteiger partial charge in [-0.15, -0.1) is 0 Å². The summed E-state index contributed by atoms with van der Waals surface area (Å²) in [6, 6.07) is 12.0. The van der Waals surface area contributed by atoms with Crippen molar-refractivity contribution in [3.63, 3.8) is 0 Å². The molecule has 2 aromatic carbocycles. The van der Waals surface area contributed by atoms with Crippen molar-refractivity contribution in [2.45, 2.75) is 26.9 Å². The Kier molecular flexibility index (Phi) is 4.67. The predicted molar refractivity (Wildman–Crippen MR) is 89.4 cm³/mol. The van der Waals surface area contributed by atoms with Crippen LogP contribution in [0.15, 0.2) is 42.5 Å². The van der Waals surface area contributed by atoms with Crippen LogP contribution in [-0.4, -0.2) is 18.2 Å². The molecule has 0 amide bonds. The lowest BCUT2D eigenvalue weighted by molar-refractivity contribution is -0.148. The van der Waals surface area contributed by atoms with Crippen LogP contribution >= 0.6 is 0 Å². The molecule has 0 aromatic heterocycles. The van der Waals surface area contributed by atoms with Gasteiger partial charge in [-0.2, -0.15) is 0 Å². The van der Waals surface area contributed by atoms with Gasteiger partial charge in [0.25, 0.3) is 0 Å². The Labute approximate surface area is 131 Å². The van der Waals surface area contributed by atoms with Crippen molar-refractivity contribution >= 4 is 22.8 Å². The molecule has 0 heterocycles. The van der Waals surface area contributed by atoms with Crippen LogP contribution in [0.5, 0.6) is 0 Å². The molecule has 0 radical (unpaired) electrons. The molecule has 0 bridgehead atoms. The number of methoxy groups -OCH3 is 1. The van der Waals surface area contributed by atoms with Crippen molar-refractivity contribution in [1.82, 2.24) is 0 Å². The Hall–Kier alpha value is -2.13. The second kappa shape index (κ2) is 6.32. The van der Waals surface area contributed by atoms with E-state index in [-0.39, 0.29) is 5.97 Å². The molecule has 0 saturated heterocycles. The number of aliphatic hydroxyl groups is 1. The molecule has 2 aromatic rings. The van der Waals surface area contributed by atoms with E-state index in [0.29, 0.717) is 0 Å². The highest BCUT2D eigenvalue weighted by Gasteiger charge is 2.24. The average molecular weight is 298 g/mol. The molecule has 0 saturated carbocycles. The highest BCUT2D eigenvalue weighted by Crippen LogP contribution is 2.24. The van der Waals surface area contributed by atoms with Crippen LogP contribution in [0.4, 0.5) is 0 Å². The number of fused-ring (bicyclic) bond motifs is 1. The minimum atomic E-state index is -0.662. The van der Waals surface area contributed by atoms with Crippen LogP contribution in [0, 0.1) is 5.41 Å². The third kappa shape index (κ3) is 3.55. The van der Waals surface area contributed by atoms with E-state index in [2.05, 4.69) is 0 Å². The summed E-state index contributed by atoms with van der Waals surface area (Å²) >= 11 is 0. The first-order valence-electron chi connectivity index (χ1n) is 7.33. The van der Waals surface area contributed by atoms with Crippen LogP contribution in [0.1, 0.15) is 38.0 Å². The molecule has 0 aliphatic rings. The fraction of sp³-hybridized carbons (Fsp3) is 0.316. The minimum Gasteiger partial charge on any atom is -0.468 e.